The molecule has 0 radical (unpaired) electrons. The van der Waals surface area contributed by atoms with Gasteiger partial charge in [-0.05, 0) is 6.92 Å². The Bertz CT molecular complexity index is 361. The van der Waals surface area contributed by atoms with E-state index in [-0.39, 0.29) is 11.4 Å². The normalized spacial score (nSPS) is 13.0. The van der Waals surface area contributed by atoms with E-state index in [1.54, 1.807) is 0 Å². The first-order valence-corrected chi connectivity index (χ1v) is 3.53. The minimum Gasteiger partial charge on any atom is -0.411 e. The van der Waals surface area contributed by atoms with Crippen molar-refractivity contribution in [2.45, 2.75) is 13.1 Å². The van der Waals surface area contributed by atoms with Crippen molar-refractivity contribution in [2.24, 2.45) is 5.16 Å². The van der Waals surface area contributed by atoms with Gasteiger partial charge in [0.2, 0.25) is 0 Å². The van der Waals surface area contributed by atoms with Crippen molar-refractivity contribution < 1.29 is 18.4 Å². The molecule has 76 valence electrons. The summed E-state index contributed by atoms with van der Waals surface area (Å²) >= 11 is 0. The summed E-state index contributed by atoms with van der Waals surface area (Å²) in [5, 5.41) is 11.0. The topological polar surface area (TPSA) is 58.4 Å². The lowest BCUT2D eigenvalue weighted by atomic mass is 10.3. The zero-order valence-corrected chi connectivity index (χ0v) is 7.08. The molecule has 0 bridgehead atoms. The molecular weight excluding hydrogens is 199 g/mol. The Morgan fingerprint density at radius 1 is 1.43 bits per heavy atom. The van der Waals surface area contributed by atoms with Gasteiger partial charge in [0.05, 0.1) is 12.4 Å². The summed E-state index contributed by atoms with van der Waals surface area (Å²) < 4.78 is 36.4. The summed E-state index contributed by atoms with van der Waals surface area (Å²) in [7, 11) is 0. The molecule has 1 heterocycles. The van der Waals surface area contributed by atoms with Crippen molar-refractivity contribution in [3.63, 3.8) is 0 Å². The predicted molar refractivity (Wildman–Crippen MR) is 41.0 cm³/mol. The van der Waals surface area contributed by atoms with E-state index in [0.29, 0.717) is 6.20 Å². The number of hydrogen-bond acceptors (Lipinski definition) is 4. The first kappa shape index (κ1) is 10.4. The van der Waals surface area contributed by atoms with Crippen molar-refractivity contribution >= 4 is 5.71 Å². The van der Waals surface area contributed by atoms with Gasteiger partial charge in [-0.25, -0.2) is 4.98 Å². The number of hydrogen-bond donors (Lipinski definition) is 1. The standard InChI is InChI=1S/C7H6F3N3O/c1-4(13-14)5-2-11-3-6(12-5)7(8,9)10/h2-3,14H,1H3. The van der Waals surface area contributed by atoms with Gasteiger partial charge >= 0.3 is 6.18 Å². The average Bonchev–Trinajstić information content (AvgIpc) is 2.15. The van der Waals surface area contributed by atoms with Crippen LogP contribution < -0.4 is 0 Å². The van der Waals surface area contributed by atoms with E-state index in [0.717, 1.165) is 6.20 Å². The van der Waals surface area contributed by atoms with Gasteiger partial charge in [-0.15, -0.1) is 0 Å². The fraction of sp³-hybridized carbons (Fsp3) is 0.286. The molecule has 14 heavy (non-hydrogen) atoms. The van der Waals surface area contributed by atoms with E-state index in [1.165, 1.54) is 6.92 Å². The van der Waals surface area contributed by atoms with Crippen LogP contribution >= 0.6 is 0 Å². The van der Waals surface area contributed by atoms with E-state index in [1.807, 2.05) is 0 Å². The quantitative estimate of drug-likeness (QED) is 0.431. The van der Waals surface area contributed by atoms with Crippen molar-refractivity contribution in [3.05, 3.63) is 23.8 Å². The molecule has 0 aliphatic rings. The fourth-order valence-electron chi connectivity index (χ4n) is 0.728. The summed E-state index contributed by atoms with van der Waals surface area (Å²) in [4.78, 5) is 6.58. The van der Waals surface area contributed by atoms with Crippen LogP contribution in [0, 0.1) is 0 Å². The minimum atomic E-state index is -4.54. The molecule has 1 rings (SSSR count). The fourth-order valence-corrected chi connectivity index (χ4v) is 0.728. The highest BCUT2D eigenvalue weighted by molar-refractivity contribution is 5.96. The zero-order valence-electron chi connectivity index (χ0n) is 7.08. The van der Waals surface area contributed by atoms with Crippen LogP contribution in [0.15, 0.2) is 17.5 Å². The maximum Gasteiger partial charge on any atom is 0.434 e. The Morgan fingerprint density at radius 2 is 2.07 bits per heavy atom. The Morgan fingerprint density at radius 3 is 2.57 bits per heavy atom. The summed E-state index contributed by atoms with van der Waals surface area (Å²) in [6, 6.07) is 0. The van der Waals surface area contributed by atoms with E-state index >= 15 is 0 Å². The molecule has 0 saturated carbocycles. The van der Waals surface area contributed by atoms with Crippen LogP contribution in [0.4, 0.5) is 13.2 Å². The minimum absolute atomic E-state index is 0.0244. The Hall–Kier alpha value is -1.66. The second-order valence-electron chi connectivity index (χ2n) is 2.47. The van der Waals surface area contributed by atoms with Crippen LogP contribution in [0.25, 0.3) is 0 Å². The van der Waals surface area contributed by atoms with Gasteiger partial charge in [-0.2, -0.15) is 13.2 Å². The molecule has 7 heteroatoms. The molecular formula is C7H6F3N3O. The van der Waals surface area contributed by atoms with Crippen LogP contribution in [-0.2, 0) is 6.18 Å². The van der Waals surface area contributed by atoms with Crippen LogP contribution in [0.5, 0.6) is 0 Å². The number of oxime groups is 1. The number of halogens is 3. The lowest BCUT2D eigenvalue weighted by Crippen LogP contribution is -2.11. The van der Waals surface area contributed by atoms with Gasteiger partial charge in [0.25, 0.3) is 0 Å². The molecule has 0 aliphatic heterocycles. The summed E-state index contributed by atoms with van der Waals surface area (Å²) in [6.07, 6.45) is -2.85. The average molecular weight is 205 g/mol. The Kier molecular flexibility index (Phi) is 2.68. The van der Waals surface area contributed by atoms with Crippen LogP contribution in [-0.4, -0.2) is 20.9 Å². The molecule has 0 aliphatic carbocycles. The molecule has 0 saturated heterocycles. The highest BCUT2D eigenvalue weighted by Crippen LogP contribution is 2.26. The number of rotatable bonds is 1. The second-order valence-corrected chi connectivity index (χ2v) is 2.47. The monoisotopic (exact) mass is 205 g/mol. The van der Waals surface area contributed by atoms with E-state index in [2.05, 4.69) is 15.1 Å². The number of aromatic nitrogens is 2. The predicted octanol–water partition coefficient (Wildman–Crippen LogP) is 1.69. The lowest BCUT2D eigenvalue weighted by Gasteiger charge is -2.05. The van der Waals surface area contributed by atoms with Gasteiger partial charge < -0.3 is 5.21 Å². The van der Waals surface area contributed by atoms with Gasteiger partial charge in [0.1, 0.15) is 11.4 Å². The molecule has 0 spiro atoms. The third-order valence-corrected chi connectivity index (χ3v) is 1.45. The summed E-state index contributed by atoms with van der Waals surface area (Å²) in [5.41, 5.74) is -1.25. The number of alkyl halides is 3. The first-order chi connectivity index (χ1) is 6.45. The largest absolute Gasteiger partial charge is 0.434 e. The van der Waals surface area contributed by atoms with Crippen LogP contribution in [0.1, 0.15) is 18.3 Å². The van der Waals surface area contributed by atoms with E-state index in [9.17, 15) is 13.2 Å². The highest BCUT2D eigenvalue weighted by atomic mass is 19.4. The van der Waals surface area contributed by atoms with Crippen molar-refractivity contribution in [2.75, 3.05) is 0 Å². The first-order valence-electron chi connectivity index (χ1n) is 3.53. The summed E-state index contributed by atoms with van der Waals surface area (Å²) in [6.45, 7) is 1.32. The molecule has 0 fully saturated rings. The third-order valence-electron chi connectivity index (χ3n) is 1.45. The third kappa shape index (κ3) is 2.18. The van der Waals surface area contributed by atoms with Gasteiger partial charge in [0, 0.05) is 0 Å². The van der Waals surface area contributed by atoms with Gasteiger partial charge in [-0.3, -0.25) is 4.98 Å². The molecule has 0 unspecified atom stereocenters. The van der Waals surface area contributed by atoms with E-state index in [4.69, 9.17) is 5.21 Å². The highest BCUT2D eigenvalue weighted by Gasteiger charge is 2.33. The molecule has 0 atom stereocenters. The molecule has 1 N–H and O–H groups in total. The summed E-state index contributed by atoms with van der Waals surface area (Å²) in [5.74, 6) is 0. The van der Waals surface area contributed by atoms with Crippen LogP contribution in [0.2, 0.25) is 0 Å². The molecule has 1 aromatic rings. The maximum atomic E-state index is 12.1. The van der Waals surface area contributed by atoms with Crippen LogP contribution in [0.3, 0.4) is 0 Å². The zero-order chi connectivity index (χ0) is 10.8. The molecule has 0 amide bonds. The van der Waals surface area contributed by atoms with Gasteiger partial charge in [-0.1, -0.05) is 5.16 Å². The van der Waals surface area contributed by atoms with Crippen molar-refractivity contribution in [3.8, 4) is 0 Å². The van der Waals surface area contributed by atoms with Gasteiger partial charge in [0.15, 0.2) is 5.69 Å². The lowest BCUT2D eigenvalue weighted by molar-refractivity contribution is -0.141. The molecule has 4 nitrogen and oxygen atoms in total. The van der Waals surface area contributed by atoms with E-state index < -0.39 is 11.9 Å². The SMILES string of the molecule is CC(=NO)c1cncc(C(F)(F)F)n1. The number of nitrogens with zero attached hydrogens (tertiary/aromatic N) is 3. The van der Waals surface area contributed by atoms with Crippen molar-refractivity contribution in [1.29, 1.82) is 0 Å². The Labute approximate surface area is 77.1 Å². The molecule has 0 aromatic carbocycles. The maximum absolute atomic E-state index is 12.1. The second kappa shape index (κ2) is 3.60. The molecule has 1 aromatic heterocycles. The smallest absolute Gasteiger partial charge is 0.411 e. The van der Waals surface area contributed by atoms with Crippen molar-refractivity contribution in [1.82, 2.24) is 9.97 Å². The Balaban J connectivity index is 3.14.